The lowest BCUT2D eigenvalue weighted by atomic mass is 10.2. The molecule has 0 aliphatic heterocycles. The highest BCUT2D eigenvalue weighted by molar-refractivity contribution is 7.09. The van der Waals surface area contributed by atoms with Crippen molar-refractivity contribution in [1.29, 1.82) is 0 Å². The summed E-state index contributed by atoms with van der Waals surface area (Å²) in [7, 11) is 0. The highest BCUT2D eigenvalue weighted by atomic mass is 32.1. The van der Waals surface area contributed by atoms with Gasteiger partial charge in [-0.1, -0.05) is 0 Å². The van der Waals surface area contributed by atoms with Gasteiger partial charge in [-0.2, -0.15) is 0 Å². The highest BCUT2D eigenvalue weighted by Gasteiger charge is 2.13. The van der Waals surface area contributed by atoms with Crippen LogP contribution < -0.4 is 5.73 Å². The molecule has 0 aliphatic rings. The van der Waals surface area contributed by atoms with E-state index >= 15 is 0 Å². The number of nitrogens with zero attached hydrogens (tertiary/aromatic N) is 3. The number of rotatable bonds is 2. The van der Waals surface area contributed by atoms with Gasteiger partial charge in [0.1, 0.15) is 6.04 Å². The van der Waals surface area contributed by atoms with Crippen LogP contribution in [-0.2, 0) is 0 Å². The van der Waals surface area contributed by atoms with Crippen LogP contribution in [0.25, 0.3) is 0 Å². The molecular weight excluding hydrogens is 196 g/mol. The van der Waals surface area contributed by atoms with Crippen LogP contribution in [0, 0.1) is 6.92 Å². The molecule has 0 aromatic carbocycles. The summed E-state index contributed by atoms with van der Waals surface area (Å²) >= 11 is 1.58. The van der Waals surface area contributed by atoms with E-state index in [2.05, 4.69) is 15.0 Å². The van der Waals surface area contributed by atoms with E-state index in [1.165, 1.54) is 0 Å². The van der Waals surface area contributed by atoms with E-state index < -0.39 is 0 Å². The maximum atomic E-state index is 5.95. The Labute approximate surface area is 85.9 Å². The van der Waals surface area contributed by atoms with Crippen molar-refractivity contribution in [2.45, 2.75) is 13.0 Å². The van der Waals surface area contributed by atoms with Crippen LogP contribution in [0.1, 0.15) is 22.6 Å². The van der Waals surface area contributed by atoms with E-state index in [1.807, 2.05) is 12.3 Å². The Morgan fingerprint density at radius 2 is 2.07 bits per heavy atom. The van der Waals surface area contributed by atoms with Crippen LogP contribution >= 0.6 is 11.3 Å². The summed E-state index contributed by atoms with van der Waals surface area (Å²) in [4.78, 5) is 12.5. The summed E-state index contributed by atoms with van der Waals surface area (Å²) < 4.78 is 0. The third kappa shape index (κ3) is 1.78. The second-order valence-electron chi connectivity index (χ2n) is 2.88. The van der Waals surface area contributed by atoms with Crippen LogP contribution in [0.2, 0.25) is 0 Å². The fourth-order valence-corrected chi connectivity index (χ4v) is 1.78. The van der Waals surface area contributed by atoms with Crippen molar-refractivity contribution in [1.82, 2.24) is 15.0 Å². The molecule has 0 aliphatic carbocycles. The number of hydrogen-bond acceptors (Lipinski definition) is 5. The predicted octanol–water partition coefficient (Wildman–Crippen LogP) is 1.29. The normalized spacial score (nSPS) is 12.7. The Morgan fingerprint density at radius 1 is 1.36 bits per heavy atom. The van der Waals surface area contributed by atoms with E-state index in [1.54, 1.807) is 29.8 Å². The van der Waals surface area contributed by atoms with Gasteiger partial charge in [0, 0.05) is 17.8 Å². The van der Waals surface area contributed by atoms with Gasteiger partial charge in [0.15, 0.2) is 5.82 Å². The summed E-state index contributed by atoms with van der Waals surface area (Å²) in [5, 5.41) is 2.95. The maximum Gasteiger partial charge on any atom is 0.151 e. The smallest absolute Gasteiger partial charge is 0.151 e. The largest absolute Gasteiger partial charge is 0.316 e. The molecule has 0 saturated heterocycles. The van der Waals surface area contributed by atoms with Crippen molar-refractivity contribution < 1.29 is 0 Å². The van der Waals surface area contributed by atoms with E-state index in [-0.39, 0.29) is 6.04 Å². The van der Waals surface area contributed by atoms with Crippen LogP contribution in [0.5, 0.6) is 0 Å². The number of nitrogens with two attached hydrogens (primary N) is 1. The first-order valence-corrected chi connectivity index (χ1v) is 5.10. The predicted molar refractivity (Wildman–Crippen MR) is 54.9 cm³/mol. The second-order valence-corrected chi connectivity index (χ2v) is 3.94. The van der Waals surface area contributed by atoms with Gasteiger partial charge in [0.2, 0.25) is 0 Å². The van der Waals surface area contributed by atoms with Crippen LogP contribution in [0.15, 0.2) is 23.8 Å². The molecule has 2 N–H and O–H groups in total. The minimum Gasteiger partial charge on any atom is -0.316 e. The molecule has 0 saturated carbocycles. The van der Waals surface area contributed by atoms with Gasteiger partial charge in [-0.3, -0.25) is 0 Å². The van der Waals surface area contributed by atoms with Crippen molar-refractivity contribution >= 4 is 11.3 Å². The molecule has 2 heterocycles. The Balaban J connectivity index is 2.29. The summed E-state index contributed by atoms with van der Waals surface area (Å²) in [6.45, 7) is 1.95. The fraction of sp³-hybridized carbons (Fsp3) is 0.222. The van der Waals surface area contributed by atoms with Crippen molar-refractivity contribution in [2.75, 3.05) is 0 Å². The van der Waals surface area contributed by atoms with Gasteiger partial charge < -0.3 is 5.73 Å². The molecule has 0 fully saturated rings. The molecule has 0 bridgehead atoms. The van der Waals surface area contributed by atoms with Gasteiger partial charge in [-0.15, -0.1) is 11.3 Å². The first-order valence-electron chi connectivity index (χ1n) is 4.22. The lowest BCUT2D eigenvalue weighted by Crippen LogP contribution is -2.15. The summed E-state index contributed by atoms with van der Waals surface area (Å²) in [5.74, 6) is 0.609. The third-order valence-electron chi connectivity index (χ3n) is 1.82. The molecule has 5 heteroatoms. The molecule has 4 nitrogen and oxygen atoms in total. The van der Waals surface area contributed by atoms with Crippen LogP contribution in [0.3, 0.4) is 0 Å². The number of aryl methyl sites for hydroxylation is 1. The van der Waals surface area contributed by atoms with Gasteiger partial charge in [-0.05, 0) is 13.0 Å². The lowest BCUT2D eigenvalue weighted by molar-refractivity contribution is 0.757. The average Bonchev–Trinajstić information content (AvgIpc) is 2.65. The second kappa shape index (κ2) is 3.81. The summed E-state index contributed by atoms with van der Waals surface area (Å²) in [6, 6.07) is 1.45. The van der Waals surface area contributed by atoms with Gasteiger partial charge in [-0.25, -0.2) is 15.0 Å². The Kier molecular flexibility index (Phi) is 2.51. The number of aromatic nitrogens is 3. The molecule has 72 valence electrons. The van der Waals surface area contributed by atoms with Crippen molar-refractivity contribution in [3.63, 3.8) is 0 Å². The Bertz CT molecular complexity index is 412. The monoisotopic (exact) mass is 206 g/mol. The van der Waals surface area contributed by atoms with E-state index in [4.69, 9.17) is 5.73 Å². The fourth-order valence-electron chi connectivity index (χ4n) is 1.13. The van der Waals surface area contributed by atoms with E-state index in [9.17, 15) is 0 Å². The Hall–Kier alpha value is -1.33. The molecule has 2 aromatic heterocycles. The first-order chi connectivity index (χ1) is 6.77. The summed E-state index contributed by atoms with van der Waals surface area (Å²) in [5.41, 5.74) is 6.78. The average molecular weight is 206 g/mol. The molecule has 0 spiro atoms. The standard InChI is InChI=1S/C9H10N4S/c1-6-13-7(5-14-6)8(10)9-11-3-2-4-12-9/h2-5,8H,10H2,1H3. The van der Waals surface area contributed by atoms with Gasteiger partial charge in [0.05, 0.1) is 10.7 Å². The molecule has 1 atom stereocenters. The topological polar surface area (TPSA) is 64.7 Å². The maximum absolute atomic E-state index is 5.95. The minimum absolute atomic E-state index is 0.318. The zero-order chi connectivity index (χ0) is 9.97. The van der Waals surface area contributed by atoms with E-state index in [0.717, 1.165) is 10.7 Å². The van der Waals surface area contributed by atoms with Crippen molar-refractivity contribution in [3.05, 3.63) is 40.4 Å². The zero-order valence-corrected chi connectivity index (χ0v) is 8.53. The molecule has 0 amide bonds. The van der Waals surface area contributed by atoms with Gasteiger partial charge >= 0.3 is 0 Å². The molecular formula is C9H10N4S. The zero-order valence-electron chi connectivity index (χ0n) is 7.71. The molecule has 1 unspecified atom stereocenters. The van der Waals surface area contributed by atoms with Crippen LogP contribution in [-0.4, -0.2) is 15.0 Å². The first kappa shape index (κ1) is 9.23. The van der Waals surface area contributed by atoms with E-state index in [0.29, 0.717) is 5.82 Å². The SMILES string of the molecule is Cc1nc(C(N)c2ncccn2)cs1. The molecule has 14 heavy (non-hydrogen) atoms. The molecule has 2 aromatic rings. The van der Waals surface area contributed by atoms with Crippen molar-refractivity contribution in [2.24, 2.45) is 5.73 Å². The summed E-state index contributed by atoms with van der Waals surface area (Å²) in [6.07, 6.45) is 3.36. The highest BCUT2D eigenvalue weighted by Crippen LogP contribution is 2.17. The lowest BCUT2D eigenvalue weighted by Gasteiger charge is -2.05. The number of thiazole rings is 1. The van der Waals surface area contributed by atoms with Crippen molar-refractivity contribution in [3.8, 4) is 0 Å². The molecule has 2 rings (SSSR count). The quantitative estimate of drug-likeness (QED) is 0.804. The minimum atomic E-state index is -0.318. The number of hydrogen-bond donors (Lipinski definition) is 1. The van der Waals surface area contributed by atoms with Crippen LogP contribution in [0.4, 0.5) is 0 Å². The van der Waals surface area contributed by atoms with Gasteiger partial charge in [0.25, 0.3) is 0 Å². The Morgan fingerprint density at radius 3 is 2.64 bits per heavy atom. The third-order valence-corrected chi connectivity index (χ3v) is 2.61. The molecule has 0 radical (unpaired) electrons.